The quantitative estimate of drug-likeness (QED) is 0.568. The van der Waals surface area contributed by atoms with Gasteiger partial charge in [0, 0.05) is 37.4 Å². The minimum Gasteiger partial charge on any atom is -0.339 e. The number of amides is 1. The molecule has 0 bridgehead atoms. The van der Waals surface area contributed by atoms with Crippen molar-refractivity contribution in [3.63, 3.8) is 0 Å². The van der Waals surface area contributed by atoms with Crippen LogP contribution in [-0.2, 0) is 21.1 Å². The minimum atomic E-state index is -3.27. The normalized spacial score (nSPS) is 11.6. The van der Waals surface area contributed by atoms with E-state index in [1.807, 2.05) is 24.3 Å². The van der Waals surface area contributed by atoms with Gasteiger partial charge in [0.1, 0.15) is 0 Å². The van der Waals surface area contributed by atoms with Crippen LogP contribution in [0.25, 0.3) is 11.4 Å². The SMILES string of the molecule is CC(C)c1ccc(-c2noc(CCC(=O)N(C)c3ccc(S(C)(=O)=O)cc3)n2)cc1. The molecule has 0 atom stereocenters. The molecule has 2 aromatic carbocycles. The Hall–Kier alpha value is -3.00. The Bertz CT molecular complexity index is 1120. The maximum Gasteiger partial charge on any atom is 0.227 e. The summed E-state index contributed by atoms with van der Waals surface area (Å²) in [4.78, 5) is 18.6. The molecular weight excluding hydrogens is 402 g/mol. The second-order valence-corrected chi connectivity index (χ2v) is 9.52. The lowest BCUT2D eigenvalue weighted by Gasteiger charge is -2.17. The first-order valence-electron chi connectivity index (χ1n) is 9.64. The molecule has 3 aromatic rings. The maximum atomic E-state index is 12.5. The summed E-state index contributed by atoms with van der Waals surface area (Å²) in [6, 6.07) is 14.2. The van der Waals surface area contributed by atoms with E-state index >= 15 is 0 Å². The molecule has 0 unspecified atom stereocenters. The summed E-state index contributed by atoms with van der Waals surface area (Å²) in [5.74, 6) is 1.21. The lowest BCUT2D eigenvalue weighted by Crippen LogP contribution is -2.26. The fraction of sp³-hybridized carbons (Fsp3) is 0.318. The average molecular weight is 428 g/mol. The molecule has 30 heavy (non-hydrogen) atoms. The van der Waals surface area contributed by atoms with Gasteiger partial charge >= 0.3 is 0 Å². The zero-order valence-corrected chi connectivity index (χ0v) is 18.3. The molecule has 0 spiro atoms. The molecule has 0 fully saturated rings. The van der Waals surface area contributed by atoms with Crippen LogP contribution in [-0.4, -0.2) is 37.8 Å². The summed E-state index contributed by atoms with van der Waals surface area (Å²) < 4.78 is 28.4. The molecule has 8 heteroatoms. The molecule has 7 nitrogen and oxygen atoms in total. The lowest BCUT2D eigenvalue weighted by atomic mass is 10.0. The Morgan fingerprint density at radius 2 is 1.70 bits per heavy atom. The van der Waals surface area contributed by atoms with E-state index in [1.165, 1.54) is 22.6 Å². The van der Waals surface area contributed by atoms with E-state index in [9.17, 15) is 13.2 Å². The Morgan fingerprint density at radius 3 is 2.27 bits per heavy atom. The van der Waals surface area contributed by atoms with Crippen LogP contribution >= 0.6 is 0 Å². The van der Waals surface area contributed by atoms with Crippen molar-refractivity contribution in [1.82, 2.24) is 10.1 Å². The second kappa shape index (κ2) is 8.79. The van der Waals surface area contributed by atoms with Gasteiger partial charge < -0.3 is 9.42 Å². The number of nitrogens with zero attached hydrogens (tertiary/aromatic N) is 3. The first kappa shape index (κ1) is 21.7. The minimum absolute atomic E-state index is 0.136. The third-order valence-electron chi connectivity index (χ3n) is 4.88. The van der Waals surface area contributed by atoms with Gasteiger partial charge in [0.2, 0.25) is 17.6 Å². The highest BCUT2D eigenvalue weighted by Gasteiger charge is 2.15. The highest BCUT2D eigenvalue weighted by Crippen LogP contribution is 2.21. The van der Waals surface area contributed by atoms with Crippen molar-refractivity contribution in [2.45, 2.75) is 37.5 Å². The standard InChI is InChI=1S/C22H25N3O4S/c1-15(2)16-5-7-17(8-6-16)22-23-20(29-24-22)13-14-21(26)25(3)18-9-11-19(12-10-18)30(4,27)28/h5-12,15H,13-14H2,1-4H3. The van der Waals surface area contributed by atoms with Gasteiger partial charge in [-0.25, -0.2) is 8.42 Å². The van der Waals surface area contributed by atoms with E-state index in [1.54, 1.807) is 19.2 Å². The van der Waals surface area contributed by atoms with Crippen molar-refractivity contribution in [2.75, 3.05) is 18.2 Å². The van der Waals surface area contributed by atoms with Crippen LogP contribution in [0.1, 0.15) is 37.6 Å². The van der Waals surface area contributed by atoms with E-state index in [-0.39, 0.29) is 17.2 Å². The Kier molecular flexibility index (Phi) is 6.36. The fourth-order valence-electron chi connectivity index (χ4n) is 2.93. The van der Waals surface area contributed by atoms with Crippen molar-refractivity contribution in [3.05, 3.63) is 60.0 Å². The summed E-state index contributed by atoms with van der Waals surface area (Å²) in [7, 11) is -1.62. The van der Waals surface area contributed by atoms with Gasteiger partial charge in [0.05, 0.1) is 4.90 Å². The van der Waals surface area contributed by atoms with Crippen molar-refractivity contribution in [1.29, 1.82) is 0 Å². The summed E-state index contributed by atoms with van der Waals surface area (Å²) in [5, 5.41) is 4.01. The Balaban J connectivity index is 1.61. The monoisotopic (exact) mass is 427 g/mol. The molecule has 0 aliphatic heterocycles. The number of aryl methyl sites for hydroxylation is 1. The summed E-state index contributed by atoms with van der Waals surface area (Å²) in [6.45, 7) is 4.27. The van der Waals surface area contributed by atoms with E-state index in [4.69, 9.17) is 4.52 Å². The van der Waals surface area contributed by atoms with Crippen molar-refractivity contribution >= 4 is 21.4 Å². The first-order valence-corrected chi connectivity index (χ1v) is 11.5. The molecule has 3 rings (SSSR count). The van der Waals surface area contributed by atoms with Crippen molar-refractivity contribution < 1.29 is 17.7 Å². The molecule has 0 N–H and O–H groups in total. The van der Waals surface area contributed by atoms with Crippen LogP contribution in [0.4, 0.5) is 5.69 Å². The predicted octanol–water partition coefficient (Wildman–Crippen LogP) is 3.86. The summed E-state index contributed by atoms with van der Waals surface area (Å²) >= 11 is 0. The Labute approximate surface area is 176 Å². The van der Waals surface area contributed by atoms with Gasteiger partial charge in [0.25, 0.3) is 0 Å². The van der Waals surface area contributed by atoms with Crippen LogP contribution in [0.3, 0.4) is 0 Å². The van der Waals surface area contributed by atoms with Crippen molar-refractivity contribution in [2.24, 2.45) is 0 Å². The maximum absolute atomic E-state index is 12.5. The molecule has 0 saturated carbocycles. The summed E-state index contributed by atoms with van der Waals surface area (Å²) in [6.07, 6.45) is 1.66. The molecule has 0 radical (unpaired) electrons. The smallest absolute Gasteiger partial charge is 0.227 e. The van der Waals surface area contributed by atoms with Gasteiger partial charge in [-0.05, 0) is 35.7 Å². The number of aromatic nitrogens is 2. The largest absolute Gasteiger partial charge is 0.339 e. The molecule has 0 saturated heterocycles. The van der Waals surface area contributed by atoms with Gasteiger partial charge in [-0.1, -0.05) is 43.3 Å². The van der Waals surface area contributed by atoms with Crippen LogP contribution in [0.15, 0.2) is 57.9 Å². The molecule has 1 heterocycles. The summed E-state index contributed by atoms with van der Waals surface area (Å²) in [5.41, 5.74) is 2.72. The third-order valence-corrected chi connectivity index (χ3v) is 6.01. The van der Waals surface area contributed by atoms with E-state index in [0.717, 1.165) is 11.8 Å². The number of carbonyl (C=O) groups excluding carboxylic acids is 1. The first-order chi connectivity index (χ1) is 14.1. The molecule has 158 valence electrons. The van der Waals surface area contributed by atoms with Crippen LogP contribution in [0.2, 0.25) is 0 Å². The van der Waals surface area contributed by atoms with Crippen LogP contribution < -0.4 is 4.90 Å². The van der Waals surface area contributed by atoms with Gasteiger partial charge in [-0.3, -0.25) is 4.79 Å². The highest BCUT2D eigenvalue weighted by atomic mass is 32.2. The number of hydrogen-bond acceptors (Lipinski definition) is 6. The molecule has 0 aliphatic carbocycles. The Morgan fingerprint density at radius 1 is 1.07 bits per heavy atom. The number of anilines is 1. The van der Waals surface area contributed by atoms with Gasteiger partial charge in [0.15, 0.2) is 9.84 Å². The molecule has 1 amide bonds. The topological polar surface area (TPSA) is 93.4 Å². The van der Waals surface area contributed by atoms with Gasteiger partial charge in [-0.2, -0.15) is 4.98 Å². The number of carbonyl (C=O) groups is 1. The highest BCUT2D eigenvalue weighted by molar-refractivity contribution is 7.90. The lowest BCUT2D eigenvalue weighted by molar-refractivity contribution is -0.118. The zero-order chi connectivity index (χ0) is 21.9. The third kappa shape index (κ3) is 5.13. The van der Waals surface area contributed by atoms with E-state index < -0.39 is 9.84 Å². The molecule has 1 aromatic heterocycles. The second-order valence-electron chi connectivity index (χ2n) is 7.51. The van der Waals surface area contributed by atoms with Crippen LogP contribution in [0.5, 0.6) is 0 Å². The van der Waals surface area contributed by atoms with Gasteiger partial charge in [-0.15, -0.1) is 0 Å². The predicted molar refractivity (Wildman–Crippen MR) is 115 cm³/mol. The number of rotatable bonds is 7. The van der Waals surface area contributed by atoms with E-state index in [0.29, 0.717) is 29.7 Å². The number of sulfone groups is 1. The molecule has 0 aliphatic rings. The average Bonchev–Trinajstić information content (AvgIpc) is 3.20. The number of benzene rings is 2. The van der Waals surface area contributed by atoms with Crippen molar-refractivity contribution in [3.8, 4) is 11.4 Å². The van der Waals surface area contributed by atoms with Crippen LogP contribution in [0, 0.1) is 0 Å². The fourth-order valence-corrected chi connectivity index (χ4v) is 3.56. The molecular formula is C22H25N3O4S. The van der Waals surface area contributed by atoms with E-state index in [2.05, 4.69) is 24.0 Å². The zero-order valence-electron chi connectivity index (χ0n) is 17.5. The number of hydrogen-bond donors (Lipinski definition) is 0.